The van der Waals surface area contributed by atoms with Crippen molar-refractivity contribution in [3.8, 4) is 33.4 Å². The molecule has 0 spiro atoms. The average molecular weight is 589 g/mol. The Morgan fingerprint density at radius 1 is 0.378 bits per heavy atom. The first-order valence-corrected chi connectivity index (χ1v) is 15.0. The highest BCUT2D eigenvalue weighted by Crippen LogP contribution is 2.48. The lowest BCUT2D eigenvalue weighted by Gasteiger charge is -2.21. The fourth-order valence-corrected chi connectivity index (χ4v) is 6.86. The summed E-state index contributed by atoms with van der Waals surface area (Å²) in [5.41, 5.74) is 7.60. The van der Waals surface area contributed by atoms with Crippen LogP contribution in [0, 0.1) is 31.3 Å². The lowest BCUT2D eigenvalue weighted by Crippen LogP contribution is -1.95. The molecule has 0 aromatic heterocycles. The van der Waals surface area contributed by atoms with Gasteiger partial charge in [0.05, 0.1) is 0 Å². The van der Waals surface area contributed by atoms with Gasteiger partial charge in [0.25, 0.3) is 0 Å². The molecular formula is C42H27F3. The molecule has 0 saturated carbocycles. The Balaban J connectivity index is 1.60. The molecule has 8 rings (SSSR count). The Labute approximate surface area is 259 Å². The fourth-order valence-electron chi connectivity index (χ4n) is 6.86. The zero-order chi connectivity index (χ0) is 30.8. The van der Waals surface area contributed by atoms with Crippen molar-refractivity contribution in [2.45, 2.75) is 13.8 Å². The van der Waals surface area contributed by atoms with E-state index < -0.39 is 17.5 Å². The lowest BCUT2D eigenvalue weighted by atomic mass is 9.82. The van der Waals surface area contributed by atoms with Crippen molar-refractivity contribution in [3.63, 3.8) is 0 Å². The predicted molar refractivity (Wildman–Crippen MR) is 182 cm³/mol. The van der Waals surface area contributed by atoms with Crippen molar-refractivity contribution in [2.24, 2.45) is 0 Å². The summed E-state index contributed by atoms with van der Waals surface area (Å²) >= 11 is 0. The van der Waals surface area contributed by atoms with Gasteiger partial charge in [0.1, 0.15) is 0 Å². The first-order valence-electron chi connectivity index (χ1n) is 15.0. The molecule has 0 amide bonds. The van der Waals surface area contributed by atoms with Gasteiger partial charge < -0.3 is 0 Å². The lowest BCUT2D eigenvalue weighted by molar-refractivity contribution is 0.448. The van der Waals surface area contributed by atoms with Gasteiger partial charge in [-0.1, -0.05) is 109 Å². The molecule has 0 bridgehead atoms. The standard InChI is InChI=1S/C42H27F3/c1-24-19-35-36(20-25(24)2)41(33-16-8-12-27-10-4-6-14-31(27)33)37-21-28(29-22-38(43)42(45)39(44)23-29)17-18-34(37)40(35)32-15-7-11-26-9-3-5-13-30(26)32/h3-23H,1-2H3. The van der Waals surface area contributed by atoms with Gasteiger partial charge in [0, 0.05) is 0 Å². The number of benzene rings is 8. The SMILES string of the molecule is Cc1cc2c(-c3cccc4ccccc34)c3ccc(-c4cc(F)c(F)c(F)c4)cc3c(-c3cccc4ccccc34)c2cc1C. The van der Waals surface area contributed by atoms with E-state index in [1.165, 1.54) is 11.1 Å². The van der Waals surface area contributed by atoms with Crippen LogP contribution in [0.4, 0.5) is 13.2 Å². The van der Waals surface area contributed by atoms with E-state index in [1.807, 2.05) is 36.4 Å². The Morgan fingerprint density at radius 3 is 1.40 bits per heavy atom. The first kappa shape index (κ1) is 27.2. The van der Waals surface area contributed by atoms with E-state index in [0.29, 0.717) is 5.56 Å². The maximum atomic E-state index is 14.5. The number of fused-ring (bicyclic) bond motifs is 4. The molecule has 45 heavy (non-hydrogen) atoms. The number of hydrogen-bond acceptors (Lipinski definition) is 0. The third-order valence-electron chi connectivity index (χ3n) is 9.17. The van der Waals surface area contributed by atoms with Gasteiger partial charge >= 0.3 is 0 Å². The van der Waals surface area contributed by atoms with E-state index in [9.17, 15) is 13.2 Å². The van der Waals surface area contributed by atoms with E-state index in [2.05, 4.69) is 92.7 Å². The third-order valence-corrected chi connectivity index (χ3v) is 9.17. The van der Waals surface area contributed by atoms with Crippen molar-refractivity contribution >= 4 is 43.1 Å². The van der Waals surface area contributed by atoms with E-state index >= 15 is 0 Å². The zero-order valence-corrected chi connectivity index (χ0v) is 24.8. The van der Waals surface area contributed by atoms with Gasteiger partial charge in [-0.05, 0) is 120 Å². The summed E-state index contributed by atoms with van der Waals surface area (Å²) in [4.78, 5) is 0. The number of aryl methyl sites for hydroxylation is 2. The molecule has 0 aliphatic carbocycles. The molecule has 0 unspecified atom stereocenters. The van der Waals surface area contributed by atoms with Crippen molar-refractivity contribution in [2.75, 3.05) is 0 Å². The van der Waals surface area contributed by atoms with Crippen LogP contribution in [0.2, 0.25) is 0 Å². The van der Waals surface area contributed by atoms with Crippen LogP contribution < -0.4 is 0 Å². The molecule has 8 aromatic rings. The Bertz CT molecular complexity index is 2460. The second-order valence-electron chi connectivity index (χ2n) is 11.8. The van der Waals surface area contributed by atoms with Gasteiger partial charge in [-0.15, -0.1) is 0 Å². The number of rotatable bonds is 3. The molecule has 0 heterocycles. The van der Waals surface area contributed by atoms with E-state index in [1.54, 1.807) is 0 Å². The molecule has 0 aliphatic rings. The molecular weight excluding hydrogens is 561 g/mol. The minimum absolute atomic E-state index is 0.282. The van der Waals surface area contributed by atoms with Gasteiger partial charge in [-0.3, -0.25) is 0 Å². The van der Waals surface area contributed by atoms with Gasteiger partial charge in [0.2, 0.25) is 0 Å². The van der Waals surface area contributed by atoms with Crippen molar-refractivity contribution in [1.29, 1.82) is 0 Å². The molecule has 8 aromatic carbocycles. The topological polar surface area (TPSA) is 0 Å². The maximum absolute atomic E-state index is 14.5. The van der Waals surface area contributed by atoms with Crippen LogP contribution in [-0.4, -0.2) is 0 Å². The second-order valence-corrected chi connectivity index (χ2v) is 11.8. The number of halogens is 3. The average Bonchev–Trinajstić information content (AvgIpc) is 3.06. The van der Waals surface area contributed by atoms with Crippen LogP contribution in [0.25, 0.3) is 76.5 Å². The summed E-state index contributed by atoms with van der Waals surface area (Å²) < 4.78 is 42.9. The van der Waals surface area contributed by atoms with Gasteiger partial charge in [0.15, 0.2) is 17.5 Å². The predicted octanol–water partition coefficient (Wildman–Crippen LogP) is 12.3. The Kier molecular flexibility index (Phi) is 6.25. The monoisotopic (exact) mass is 588 g/mol. The molecule has 0 nitrogen and oxygen atoms in total. The summed E-state index contributed by atoms with van der Waals surface area (Å²) in [6, 6.07) is 42.0. The molecule has 0 fully saturated rings. The highest BCUT2D eigenvalue weighted by molar-refractivity contribution is 6.25. The van der Waals surface area contributed by atoms with Crippen molar-refractivity contribution in [1.82, 2.24) is 0 Å². The van der Waals surface area contributed by atoms with Crippen molar-refractivity contribution in [3.05, 3.63) is 156 Å². The molecule has 0 saturated heterocycles. The minimum atomic E-state index is -1.47. The summed E-state index contributed by atoms with van der Waals surface area (Å²) in [5.74, 6) is -3.88. The summed E-state index contributed by atoms with van der Waals surface area (Å²) in [7, 11) is 0. The van der Waals surface area contributed by atoms with Gasteiger partial charge in [-0.2, -0.15) is 0 Å². The smallest absolute Gasteiger partial charge is 0.194 e. The maximum Gasteiger partial charge on any atom is 0.194 e. The van der Waals surface area contributed by atoms with Crippen LogP contribution in [0.15, 0.2) is 127 Å². The van der Waals surface area contributed by atoms with Gasteiger partial charge in [-0.25, -0.2) is 13.2 Å². The minimum Gasteiger partial charge on any atom is -0.204 e. The van der Waals surface area contributed by atoms with Crippen LogP contribution >= 0.6 is 0 Å². The molecule has 216 valence electrons. The molecule has 0 aliphatic heterocycles. The van der Waals surface area contributed by atoms with E-state index in [0.717, 1.165) is 77.5 Å². The Morgan fingerprint density at radius 2 is 0.844 bits per heavy atom. The fraction of sp³-hybridized carbons (Fsp3) is 0.0476. The summed E-state index contributed by atoms with van der Waals surface area (Å²) in [6.07, 6.45) is 0. The molecule has 3 heteroatoms. The quantitative estimate of drug-likeness (QED) is 0.142. The van der Waals surface area contributed by atoms with Crippen LogP contribution in [-0.2, 0) is 0 Å². The van der Waals surface area contributed by atoms with Crippen LogP contribution in [0.1, 0.15) is 11.1 Å². The number of hydrogen-bond donors (Lipinski definition) is 0. The summed E-state index contributed by atoms with van der Waals surface area (Å²) in [5, 5.41) is 8.73. The first-order chi connectivity index (χ1) is 21.9. The normalized spacial score (nSPS) is 11.7. The molecule has 0 atom stereocenters. The van der Waals surface area contributed by atoms with Crippen LogP contribution in [0.5, 0.6) is 0 Å². The Hall–Kier alpha value is -5.41. The second kappa shape index (κ2) is 10.3. The molecule has 0 N–H and O–H groups in total. The summed E-state index contributed by atoms with van der Waals surface area (Å²) in [6.45, 7) is 4.27. The third kappa shape index (κ3) is 4.30. The van der Waals surface area contributed by atoms with Crippen molar-refractivity contribution < 1.29 is 13.2 Å². The zero-order valence-electron chi connectivity index (χ0n) is 24.8. The molecule has 0 radical (unpaired) electrons. The van der Waals surface area contributed by atoms with Crippen LogP contribution in [0.3, 0.4) is 0 Å². The van der Waals surface area contributed by atoms with E-state index in [4.69, 9.17) is 0 Å². The highest BCUT2D eigenvalue weighted by Gasteiger charge is 2.21. The van der Waals surface area contributed by atoms with E-state index in [-0.39, 0.29) is 5.56 Å². The largest absolute Gasteiger partial charge is 0.204 e. The highest BCUT2D eigenvalue weighted by atomic mass is 19.2.